The number of hydrogen-bond donors (Lipinski definition) is 3. The summed E-state index contributed by atoms with van der Waals surface area (Å²) in [4.78, 5) is 53.6. The van der Waals surface area contributed by atoms with Crippen molar-refractivity contribution in [1.82, 2.24) is 15.2 Å². The summed E-state index contributed by atoms with van der Waals surface area (Å²) in [7, 11) is 0. The van der Waals surface area contributed by atoms with E-state index in [2.05, 4.69) is 15.6 Å². The Kier molecular flexibility index (Phi) is 6.72. The van der Waals surface area contributed by atoms with Gasteiger partial charge in [-0.15, -0.1) is 0 Å². The van der Waals surface area contributed by atoms with Gasteiger partial charge >= 0.3 is 5.97 Å². The highest BCUT2D eigenvalue weighted by atomic mass is 16.4. The molecule has 3 aliphatic rings. The number of carbonyl (C=O) groups excluding carboxylic acids is 3. The van der Waals surface area contributed by atoms with Crippen LogP contribution in [-0.4, -0.2) is 57.8 Å². The molecule has 0 aromatic carbocycles. The molecule has 9 nitrogen and oxygen atoms in total. The summed E-state index contributed by atoms with van der Waals surface area (Å²) in [6.07, 6.45) is 8.64. The number of nitrogens with one attached hydrogen (secondary N) is 2. The summed E-state index contributed by atoms with van der Waals surface area (Å²) in [6.45, 7) is 1.07. The Morgan fingerprint density at radius 1 is 1.00 bits per heavy atom. The molecule has 1 aromatic heterocycles. The standard InChI is InChI=1S/C23H30N4O5/c28-20-6-5-19(21(29)26-20)16-11-18(13-24-12-16)25-17-3-1-14(2-4-17)22(30)27-9-7-15(8-10-27)23(31)32/h11-15,17,19,25H,1-10H2,(H,31,32)(H,26,28,29). The van der Waals surface area contributed by atoms with Crippen LogP contribution in [0.4, 0.5) is 5.69 Å². The molecule has 1 aliphatic carbocycles. The third kappa shape index (κ3) is 5.08. The largest absolute Gasteiger partial charge is 0.481 e. The number of rotatable bonds is 5. The van der Waals surface area contributed by atoms with E-state index in [-0.39, 0.29) is 41.5 Å². The van der Waals surface area contributed by atoms with Gasteiger partial charge < -0.3 is 15.3 Å². The van der Waals surface area contributed by atoms with E-state index in [1.54, 1.807) is 12.4 Å². The van der Waals surface area contributed by atoms with Crippen LogP contribution in [0.25, 0.3) is 0 Å². The third-order valence-corrected chi connectivity index (χ3v) is 7.00. The predicted octanol–water partition coefficient (Wildman–Crippen LogP) is 1.90. The minimum Gasteiger partial charge on any atom is -0.481 e. The second-order valence-electron chi connectivity index (χ2n) is 9.14. The van der Waals surface area contributed by atoms with Crippen LogP contribution in [0.3, 0.4) is 0 Å². The molecule has 3 amide bonds. The lowest BCUT2D eigenvalue weighted by atomic mass is 9.84. The smallest absolute Gasteiger partial charge is 0.306 e. The van der Waals surface area contributed by atoms with Gasteiger partial charge in [0.05, 0.1) is 17.5 Å². The van der Waals surface area contributed by atoms with Crippen LogP contribution in [0.2, 0.25) is 0 Å². The summed E-state index contributed by atoms with van der Waals surface area (Å²) in [6, 6.07) is 2.16. The van der Waals surface area contributed by atoms with Crippen LogP contribution in [0.5, 0.6) is 0 Å². The first-order valence-electron chi connectivity index (χ1n) is 11.5. The number of aromatic nitrogens is 1. The number of piperidine rings is 2. The molecule has 0 spiro atoms. The highest BCUT2D eigenvalue weighted by Crippen LogP contribution is 2.31. The van der Waals surface area contributed by atoms with Gasteiger partial charge in [-0.1, -0.05) is 0 Å². The van der Waals surface area contributed by atoms with Crippen molar-refractivity contribution in [3.05, 3.63) is 24.0 Å². The average Bonchev–Trinajstić information content (AvgIpc) is 2.79. The third-order valence-electron chi connectivity index (χ3n) is 7.00. The van der Waals surface area contributed by atoms with Gasteiger partial charge in [0.25, 0.3) is 0 Å². The van der Waals surface area contributed by atoms with Crippen molar-refractivity contribution >= 4 is 29.4 Å². The molecule has 4 rings (SSSR count). The van der Waals surface area contributed by atoms with Gasteiger partial charge in [-0.05, 0) is 56.6 Å². The van der Waals surface area contributed by atoms with Crippen molar-refractivity contribution in [2.24, 2.45) is 11.8 Å². The van der Waals surface area contributed by atoms with Gasteiger partial charge in [0.1, 0.15) is 0 Å². The number of pyridine rings is 1. The molecule has 1 saturated carbocycles. The van der Waals surface area contributed by atoms with Crippen molar-refractivity contribution in [2.45, 2.75) is 63.3 Å². The maximum Gasteiger partial charge on any atom is 0.306 e. The maximum absolute atomic E-state index is 12.9. The summed E-state index contributed by atoms with van der Waals surface area (Å²) in [5, 5.41) is 15.0. The number of anilines is 1. The first-order valence-corrected chi connectivity index (χ1v) is 11.5. The number of aliphatic carboxylic acids is 1. The molecule has 3 fully saturated rings. The van der Waals surface area contributed by atoms with E-state index in [1.165, 1.54) is 0 Å². The van der Waals surface area contributed by atoms with E-state index in [4.69, 9.17) is 5.11 Å². The summed E-state index contributed by atoms with van der Waals surface area (Å²) < 4.78 is 0. The Morgan fingerprint density at radius 2 is 1.72 bits per heavy atom. The van der Waals surface area contributed by atoms with Crippen molar-refractivity contribution in [3.63, 3.8) is 0 Å². The molecule has 0 bridgehead atoms. The van der Waals surface area contributed by atoms with Gasteiger partial charge in [0, 0.05) is 43.9 Å². The van der Waals surface area contributed by atoms with E-state index in [1.807, 2.05) is 11.0 Å². The molecule has 32 heavy (non-hydrogen) atoms. The Balaban J connectivity index is 1.27. The Labute approximate surface area is 187 Å². The van der Waals surface area contributed by atoms with E-state index in [9.17, 15) is 19.2 Å². The quantitative estimate of drug-likeness (QED) is 0.594. The molecule has 2 aliphatic heterocycles. The van der Waals surface area contributed by atoms with Crippen molar-refractivity contribution in [1.29, 1.82) is 0 Å². The van der Waals surface area contributed by atoms with Crippen LogP contribution in [-0.2, 0) is 19.2 Å². The SMILES string of the molecule is O=C1CCC(c2cncc(NC3CCC(C(=O)N4CCC(C(=O)O)CC4)CC3)c2)C(=O)N1. The van der Waals surface area contributed by atoms with Gasteiger partial charge in [0.2, 0.25) is 17.7 Å². The molecule has 1 unspecified atom stereocenters. The summed E-state index contributed by atoms with van der Waals surface area (Å²) >= 11 is 0. The molecule has 1 atom stereocenters. The summed E-state index contributed by atoms with van der Waals surface area (Å²) in [5.74, 6) is -1.79. The molecule has 3 heterocycles. The highest BCUT2D eigenvalue weighted by molar-refractivity contribution is 6.00. The first kappa shape index (κ1) is 22.2. The highest BCUT2D eigenvalue weighted by Gasteiger charge is 2.33. The number of amides is 3. The fraction of sp³-hybridized carbons (Fsp3) is 0.609. The molecule has 9 heteroatoms. The molecule has 1 aromatic rings. The topological polar surface area (TPSA) is 129 Å². The Hall–Kier alpha value is -2.97. The van der Waals surface area contributed by atoms with Crippen LogP contribution in [0, 0.1) is 11.8 Å². The lowest BCUT2D eigenvalue weighted by Crippen LogP contribution is -2.44. The van der Waals surface area contributed by atoms with E-state index >= 15 is 0 Å². The van der Waals surface area contributed by atoms with Crippen LogP contribution >= 0.6 is 0 Å². The number of hydrogen-bond acceptors (Lipinski definition) is 6. The number of imide groups is 1. The van der Waals surface area contributed by atoms with Crippen molar-refractivity contribution in [3.8, 4) is 0 Å². The first-order chi connectivity index (χ1) is 15.4. The predicted molar refractivity (Wildman–Crippen MR) is 116 cm³/mol. The van der Waals surface area contributed by atoms with Gasteiger partial charge in [-0.25, -0.2) is 0 Å². The monoisotopic (exact) mass is 442 g/mol. The fourth-order valence-electron chi connectivity index (χ4n) is 5.06. The second-order valence-corrected chi connectivity index (χ2v) is 9.14. The normalized spacial score (nSPS) is 27.0. The van der Waals surface area contributed by atoms with Gasteiger partial charge in [-0.2, -0.15) is 0 Å². The average molecular weight is 443 g/mol. The second kappa shape index (κ2) is 9.67. The fourth-order valence-corrected chi connectivity index (χ4v) is 5.06. The molecule has 3 N–H and O–H groups in total. The van der Waals surface area contributed by atoms with Crippen molar-refractivity contribution < 1.29 is 24.3 Å². The van der Waals surface area contributed by atoms with E-state index < -0.39 is 5.97 Å². The molecule has 2 saturated heterocycles. The van der Waals surface area contributed by atoms with E-state index in [0.29, 0.717) is 38.8 Å². The minimum absolute atomic E-state index is 0.00218. The summed E-state index contributed by atoms with van der Waals surface area (Å²) in [5.41, 5.74) is 1.64. The van der Waals surface area contributed by atoms with Gasteiger partial charge in [-0.3, -0.25) is 29.5 Å². The van der Waals surface area contributed by atoms with Crippen molar-refractivity contribution in [2.75, 3.05) is 18.4 Å². The van der Waals surface area contributed by atoms with Crippen LogP contribution in [0.1, 0.15) is 62.8 Å². The number of carboxylic acids is 1. The minimum atomic E-state index is -0.764. The zero-order chi connectivity index (χ0) is 22.7. The number of carbonyl (C=O) groups is 4. The maximum atomic E-state index is 12.9. The number of likely N-dealkylation sites (tertiary alicyclic amines) is 1. The molecule has 172 valence electrons. The van der Waals surface area contributed by atoms with Crippen LogP contribution in [0.15, 0.2) is 18.5 Å². The zero-order valence-electron chi connectivity index (χ0n) is 18.1. The number of nitrogens with zero attached hydrogens (tertiary/aromatic N) is 2. The van der Waals surface area contributed by atoms with Crippen LogP contribution < -0.4 is 10.6 Å². The van der Waals surface area contributed by atoms with Gasteiger partial charge in [0.15, 0.2) is 0 Å². The Bertz CT molecular complexity index is 888. The zero-order valence-corrected chi connectivity index (χ0v) is 18.1. The number of carboxylic acid groups (broad SMARTS) is 1. The molecular weight excluding hydrogens is 412 g/mol. The lowest BCUT2D eigenvalue weighted by molar-refractivity contribution is -0.147. The van der Waals surface area contributed by atoms with E-state index in [0.717, 1.165) is 36.9 Å². The molecule has 0 radical (unpaired) electrons. The Morgan fingerprint density at radius 3 is 2.38 bits per heavy atom. The lowest BCUT2D eigenvalue weighted by Gasteiger charge is -2.35. The molecular formula is C23H30N4O5.